The number of nitrogens with one attached hydrogen (secondary N) is 1. The Kier molecular flexibility index (Phi) is 10.7. The Morgan fingerprint density at radius 1 is 1.08 bits per heavy atom. The quantitative estimate of drug-likeness (QED) is 0.400. The van der Waals surface area contributed by atoms with Crippen LogP contribution in [0.3, 0.4) is 0 Å². The molecule has 0 heterocycles. The summed E-state index contributed by atoms with van der Waals surface area (Å²) in [5, 5.41) is 3.88. The molecule has 1 fully saturated rings. The van der Waals surface area contributed by atoms with E-state index in [9.17, 15) is 18.0 Å². The molecule has 0 aliphatic heterocycles. The van der Waals surface area contributed by atoms with Crippen molar-refractivity contribution < 1.29 is 22.7 Å². The predicted octanol–water partition coefficient (Wildman–Crippen LogP) is 5.02. The third kappa shape index (κ3) is 8.01. The lowest BCUT2D eigenvalue weighted by Gasteiger charge is -2.34. The summed E-state index contributed by atoms with van der Waals surface area (Å²) < 4.78 is 31.7. The molecular weight excluding hydrogens is 549 g/mol. The van der Waals surface area contributed by atoms with E-state index in [0.29, 0.717) is 17.2 Å². The molecule has 0 radical (unpaired) electrons. The first kappa shape index (κ1) is 30.1. The molecule has 2 amide bonds. The highest BCUT2D eigenvalue weighted by Crippen LogP contribution is 2.30. The number of carbonyl (C=O) groups excluding carboxylic acids is 2. The minimum absolute atomic E-state index is 0.0757. The van der Waals surface area contributed by atoms with Gasteiger partial charge in [0.05, 0.1) is 24.1 Å². The number of anilines is 1. The number of hydrogen-bond acceptors (Lipinski definition) is 5. The van der Waals surface area contributed by atoms with Gasteiger partial charge in [0, 0.05) is 17.6 Å². The van der Waals surface area contributed by atoms with Gasteiger partial charge in [-0.1, -0.05) is 61.5 Å². The highest BCUT2D eigenvalue weighted by molar-refractivity contribution is 7.92. The Labute approximate surface area is 235 Å². The van der Waals surface area contributed by atoms with Crippen molar-refractivity contribution in [1.29, 1.82) is 0 Å². The van der Waals surface area contributed by atoms with Crippen LogP contribution in [0.2, 0.25) is 10.0 Å². The lowest BCUT2D eigenvalue weighted by Crippen LogP contribution is -2.53. The molecule has 0 aromatic heterocycles. The van der Waals surface area contributed by atoms with Gasteiger partial charge in [-0.3, -0.25) is 13.9 Å². The second-order valence-electron chi connectivity index (χ2n) is 9.50. The number of carbonyl (C=O) groups is 2. The molecule has 208 valence electrons. The summed E-state index contributed by atoms with van der Waals surface area (Å²) >= 11 is 12.3. The van der Waals surface area contributed by atoms with Gasteiger partial charge in [0.1, 0.15) is 18.3 Å². The molecule has 1 atom stereocenters. The zero-order valence-corrected chi connectivity index (χ0v) is 24.3. The van der Waals surface area contributed by atoms with Gasteiger partial charge >= 0.3 is 0 Å². The second kappa shape index (κ2) is 13.5. The van der Waals surface area contributed by atoms with E-state index in [-0.39, 0.29) is 29.2 Å². The molecule has 1 N–H and O–H groups in total. The molecule has 1 aliphatic carbocycles. The molecule has 38 heavy (non-hydrogen) atoms. The van der Waals surface area contributed by atoms with Crippen molar-refractivity contribution in [1.82, 2.24) is 10.2 Å². The molecule has 8 nitrogen and oxygen atoms in total. The molecular formula is C27H35Cl2N3O5S. The number of ether oxygens (including phenoxy) is 1. The monoisotopic (exact) mass is 583 g/mol. The summed E-state index contributed by atoms with van der Waals surface area (Å²) in [5.41, 5.74) is 0.989. The van der Waals surface area contributed by atoms with Gasteiger partial charge in [-0.05, 0) is 55.2 Å². The lowest BCUT2D eigenvalue weighted by molar-refractivity contribution is -0.140. The molecule has 2 aromatic rings. The maximum atomic E-state index is 13.8. The summed E-state index contributed by atoms with van der Waals surface area (Å²) in [6, 6.07) is 10.8. The van der Waals surface area contributed by atoms with Crippen LogP contribution >= 0.6 is 23.2 Å². The summed E-state index contributed by atoms with van der Waals surface area (Å²) in [6.07, 6.45) is 6.48. The van der Waals surface area contributed by atoms with Crippen LogP contribution in [0, 0.1) is 0 Å². The fourth-order valence-corrected chi connectivity index (χ4v) is 5.89. The van der Waals surface area contributed by atoms with Crippen molar-refractivity contribution in [3.63, 3.8) is 0 Å². The van der Waals surface area contributed by atoms with E-state index < -0.39 is 28.5 Å². The third-order valence-corrected chi connectivity index (χ3v) is 8.39. The normalized spacial score (nSPS) is 15.0. The van der Waals surface area contributed by atoms with E-state index in [1.807, 2.05) is 6.92 Å². The Morgan fingerprint density at radius 2 is 1.74 bits per heavy atom. The van der Waals surface area contributed by atoms with E-state index >= 15 is 0 Å². The van der Waals surface area contributed by atoms with Gasteiger partial charge in [0.25, 0.3) is 0 Å². The van der Waals surface area contributed by atoms with Crippen molar-refractivity contribution in [3.8, 4) is 5.75 Å². The minimum atomic E-state index is -3.87. The van der Waals surface area contributed by atoms with Crippen LogP contribution in [0.5, 0.6) is 5.75 Å². The van der Waals surface area contributed by atoms with Crippen LogP contribution in [0.1, 0.15) is 51.0 Å². The fourth-order valence-electron chi connectivity index (χ4n) is 4.67. The van der Waals surface area contributed by atoms with Crippen LogP contribution in [-0.4, -0.2) is 57.1 Å². The average Bonchev–Trinajstić information content (AvgIpc) is 2.88. The molecule has 1 aliphatic rings. The van der Waals surface area contributed by atoms with Crippen LogP contribution in [0.25, 0.3) is 0 Å². The van der Waals surface area contributed by atoms with Gasteiger partial charge in [-0.25, -0.2) is 8.42 Å². The SMILES string of the molecule is CC[C@H](C(=O)NC1CCCCC1)N(Cc1ccc(Cl)cc1)C(=O)CN(c1ccc(OC)c(Cl)c1)S(C)(=O)=O. The average molecular weight is 585 g/mol. The number of benzene rings is 2. The van der Waals surface area contributed by atoms with Crippen molar-refractivity contribution in [2.75, 3.05) is 24.2 Å². The van der Waals surface area contributed by atoms with Crippen molar-refractivity contribution in [3.05, 3.63) is 58.1 Å². The van der Waals surface area contributed by atoms with Crippen LogP contribution in [-0.2, 0) is 26.2 Å². The first-order chi connectivity index (χ1) is 18.0. The topological polar surface area (TPSA) is 96.0 Å². The van der Waals surface area contributed by atoms with Gasteiger partial charge in [-0.15, -0.1) is 0 Å². The standard InChI is InChI=1S/C27H35Cl2N3O5S/c1-4-24(27(34)30-21-8-6-5-7-9-21)31(17-19-10-12-20(28)13-11-19)26(33)18-32(38(3,35)36)22-14-15-25(37-2)23(29)16-22/h10-16,21,24H,4-9,17-18H2,1-3H3,(H,30,34)/t24-/m1/s1. The number of methoxy groups -OCH3 is 1. The fraction of sp³-hybridized carbons (Fsp3) is 0.481. The van der Waals surface area contributed by atoms with E-state index in [2.05, 4.69) is 5.32 Å². The molecule has 0 saturated heterocycles. The summed E-state index contributed by atoms with van der Waals surface area (Å²) in [7, 11) is -2.41. The Morgan fingerprint density at radius 3 is 2.29 bits per heavy atom. The Bertz CT molecular complexity index is 1220. The molecule has 0 spiro atoms. The zero-order valence-electron chi connectivity index (χ0n) is 22.0. The zero-order chi connectivity index (χ0) is 27.9. The van der Waals surface area contributed by atoms with E-state index in [0.717, 1.165) is 48.2 Å². The molecule has 11 heteroatoms. The van der Waals surface area contributed by atoms with Gasteiger partial charge in [0.2, 0.25) is 21.8 Å². The van der Waals surface area contributed by atoms with Crippen LogP contribution < -0.4 is 14.4 Å². The largest absolute Gasteiger partial charge is 0.495 e. The molecule has 0 bridgehead atoms. The van der Waals surface area contributed by atoms with Gasteiger partial charge in [-0.2, -0.15) is 0 Å². The van der Waals surface area contributed by atoms with Crippen LogP contribution in [0.4, 0.5) is 5.69 Å². The highest BCUT2D eigenvalue weighted by atomic mass is 35.5. The van der Waals surface area contributed by atoms with E-state index in [1.54, 1.807) is 24.3 Å². The van der Waals surface area contributed by atoms with E-state index in [4.69, 9.17) is 27.9 Å². The molecule has 1 saturated carbocycles. The number of hydrogen-bond donors (Lipinski definition) is 1. The van der Waals surface area contributed by atoms with Crippen molar-refractivity contribution in [2.45, 2.75) is 64.1 Å². The number of amides is 2. The maximum Gasteiger partial charge on any atom is 0.244 e. The predicted molar refractivity (Wildman–Crippen MR) is 151 cm³/mol. The van der Waals surface area contributed by atoms with E-state index in [1.165, 1.54) is 30.2 Å². The second-order valence-corrected chi connectivity index (χ2v) is 12.3. The smallest absolute Gasteiger partial charge is 0.244 e. The first-order valence-electron chi connectivity index (χ1n) is 12.7. The number of sulfonamides is 1. The van der Waals surface area contributed by atoms with Gasteiger partial charge < -0.3 is 15.0 Å². The van der Waals surface area contributed by atoms with Crippen molar-refractivity contribution >= 4 is 50.7 Å². The number of rotatable bonds is 11. The van der Waals surface area contributed by atoms with Crippen molar-refractivity contribution in [2.24, 2.45) is 0 Å². The third-order valence-electron chi connectivity index (χ3n) is 6.71. The highest BCUT2D eigenvalue weighted by Gasteiger charge is 2.33. The van der Waals surface area contributed by atoms with Crippen LogP contribution in [0.15, 0.2) is 42.5 Å². The number of nitrogens with zero attached hydrogens (tertiary/aromatic N) is 2. The molecule has 2 aromatic carbocycles. The molecule has 3 rings (SSSR count). The lowest BCUT2D eigenvalue weighted by atomic mass is 9.95. The summed E-state index contributed by atoms with van der Waals surface area (Å²) in [5.74, 6) is -0.368. The summed E-state index contributed by atoms with van der Waals surface area (Å²) in [4.78, 5) is 28.7. The first-order valence-corrected chi connectivity index (χ1v) is 15.3. The van der Waals surface area contributed by atoms with Gasteiger partial charge in [0.15, 0.2) is 0 Å². The Hall–Kier alpha value is -2.49. The minimum Gasteiger partial charge on any atom is -0.495 e. The Balaban J connectivity index is 1.92. The number of halogens is 2. The maximum absolute atomic E-state index is 13.8. The molecule has 0 unspecified atom stereocenters. The summed E-state index contributed by atoms with van der Waals surface area (Å²) in [6.45, 7) is 1.46.